The molecule has 0 radical (unpaired) electrons. The summed E-state index contributed by atoms with van der Waals surface area (Å²) in [7, 11) is 1.67. The fourth-order valence-electron chi connectivity index (χ4n) is 2.50. The van der Waals surface area contributed by atoms with E-state index in [1.165, 1.54) is 6.07 Å². The van der Waals surface area contributed by atoms with Gasteiger partial charge in [0.15, 0.2) is 11.6 Å². The molecule has 1 aromatic rings. The molecule has 0 saturated heterocycles. The lowest BCUT2D eigenvalue weighted by Crippen LogP contribution is -2.50. The summed E-state index contributed by atoms with van der Waals surface area (Å²) in [4.78, 5) is 13.9. The van der Waals surface area contributed by atoms with Gasteiger partial charge in [0.05, 0.1) is 5.41 Å². The molecule has 0 atom stereocenters. The monoisotopic (exact) mass is 268 g/mol. The van der Waals surface area contributed by atoms with E-state index in [2.05, 4.69) is 0 Å². The summed E-state index contributed by atoms with van der Waals surface area (Å²) < 4.78 is 25.9. The minimum atomic E-state index is -0.893. The van der Waals surface area contributed by atoms with E-state index in [0.29, 0.717) is 12.1 Å². The topological polar surface area (TPSA) is 46.3 Å². The molecule has 2 rings (SSSR count). The molecule has 0 unspecified atom stereocenters. The first-order valence-corrected chi connectivity index (χ1v) is 6.38. The van der Waals surface area contributed by atoms with Crippen LogP contribution in [0.4, 0.5) is 8.78 Å². The summed E-state index contributed by atoms with van der Waals surface area (Å²) in [6.07, 6.45) is 2.64. The normalized spacial score (nSPS) is 16.8. The number of carbonyl (C=O) groups excluding carboxylic acids is 1. The van der Waals surface area contributed by atoms with Gasteiger partial charge in [0.2, 0.25) is 5.91 Å². The van der Waals surface area contributed by atoms with Crippen LogP contribution in [0.25, 0.3) is 0 Å². The van der Waals surface area contributed by atoms with Crippen LogP contribution in [0.3, 0.4) is 0 Å². The molecule has 0 heterocycles. The Morgan fingerprint density at radius 3 is 2.53 bits per heavy atom. The van der Waals surface area contributed by atoms with Crippen LogP contribution in [0.2, 0.25) is 0 Å². The second kappa shape index (κ2) is 5.25. The second-order valence-electron chi connectivity index (χ2n) is 5.25. The van der Waals surface area contributed by atoms with Crippen LogP contribution in [0.1, 0.15) is 24.8 Å². The van der Waals surface area contributed by atoms with E-state index in [-0.39, 0.29) is 12.5 Å². The predicted molar refractivity (Wildman–Crippen MR) is 68.2 cm³/mol. The van der Waals surface area contributed by atoms with Crippen LogP contribution in [0.5, 0.6) is 0 Å². The largest absolute Gasteiger partial charge is 0.341 e. The van der Waals surface area contributed by atoms with Crippen molar-refractivity contribution in [3.63, 3.8) is 0 Å². The van der Waals surface area contributed by atoms with Crippen molar-refractivity contribution in [3.8, 4) is 0 Å². The maximum atomic E-state index is 13.1. The zero-order valence-electron chi connectivity index (χ0n) is 11.0. The number of hydrogen-bond donors (Lipinski definition) is 1. The van der Waals surface area contributed by atoms with E-state index >= 15 is 0 Å². The van der Waals surface area contributed by atoms with Crippen molar-refractivity contribution in [2.24, 2.45) is 11.1 Å². The van der Waals surface area contributed by atoms with Crippen LogP contribution in [-0.4, -0.2) is 24.4 Å². The first kappa shape index (κ1) is 13.9. The number of nitrogens with zero attached hydrogens (tertiary/aromatic N) is 1. The summed E-state index contributed by atoms with van der Waals surface area (Å²) in [6, 6.07) is 3.68. The average Bonchev–Trinajstić information content (AvgIpc) is 2.33. The molecule has 1 aliphatic rings. The van der Waals surface area contributed by atoms with Crippen molar-refractivity contribution in [2.75, 3.05) is 13.6 Å². The number of halogens is 2. The van der Waals surface area contributed by atoms with Crippen molar-refractivity contribution in [1.29, 1.82) is 0 Å². The first-order chi connectivity index (χ1) is 8.98. The standard InChI is InChI=1S/C14H18F2N2O/c1-18(13(19)14(9-17)5-2-6-14)8-10-3-4-11(15)12(16)7-10/h3-4,7H,2,5-6,8-9,17H2,1H3. The predicted octanol–water partition coefficient (Wildman–Crippen LogP) is 2.05. The van der Waals surface area contributed by atoms with Crippen molar-refractivity contribution >= 4 is 5.91 Å². The van der Waals surface area contributed by atoms with E-state index < -0.39 is 17.0 Å². The molecule has 1 saturated carbocycles. The summed E-state index contributed by atoms with van der Waals surface area (Å²) >= 11 is 0. The first-order valence-electron chi connectivity index (χ1n) is 6.38. The molecule has 5 heteroatoms. The Morgan fingerprint density at radius 1 is 1.37 bits per heavy atom. The van der Waals surface area contributed by atoms with Gasteiger partial charge in [-0.2, -0.15) is 0 Å². The maximum absolute atomic E-state index is 13.1. The van der Waals surface area contributed by atoms with Crippen LogP contribution < -0.4 is 5.73 Å². The highest BCUT2D eigenvalue weighted by atomic mass is 19.2. The Balaban J connectivity index is 2.06. The summed E-state index contributed by atoms with van der Waals surface area (Å²) in [5.41, 5.74) is 5.82. The molecule has 1 aromatic carbocycles. The van der Waals surface area contributed by atoms with Crippen molar-refractivity contribution in [3.05, 3.63) is 35.4 Å². The quantitative estimate of drug-likeness (QED) is 0.908. The molecule has 0 aromatic heterocycles. The Bertz CT molecular complexity index is 481. The van der Waals surface area contributed by atoms with Gasteiger partial charge in [-0.3, -0.25) is 4.79 Å². The molecule has 2 N–H and O–H groups in total. The fraction of sp³-hybridized carbons (Fsp3) is 0.500. The minimum Gasteiger partial charge on any atom is -0.341 e. The third-order valence-electron chi connectivity index (χ3n) is 3.91. The van der Waals surface area contributed by atoms with Gasteiger partial charge in [-0.05, 0) is 30.5 Å². The minimum absolute atomic E-state index is 0.00835. The van der Waals surface area contributed by atoms with Crippen LogP contribution >= 0.6 is 0 Å². The zero-order chi connectivity index (χ0) is 14.0. The van der Waals surface area contributed by atoms with Crippen LogP contribution in [0, 0.1) is 17.0 Å². The fourth-order valence-corrected chi connectivity index (χ4v) is 2.50. The molecule has 0 bridgehead atoms. The van der Waals surface area contributed by atoms with E-state index in [9.17, 15) is 13.6 Å². The molecule has 19 heavy (non-hydrogen) atoms. The Kier molecular flexibility index (Phi) is 3.85. The second-order valence-corrected chi connectivity index (χ2v) is 5.25. The maximum Gasteiger partial charge on any atom is 0.230 e. The molecule has 0 aliphatic heterocycles. The number of benzene rings is 1. The van der Waals surface area contributed by atoms with Gasteiger partial charge < -0.3 is 10.6 Å². The Morgan fingerprint density at radius 2 is 2.05 bits per heavy atom. The highest BCUT2D eigenvalue weighted by Gasteiger charge is 2.44. The third kappa shape index (κ3) is 2.61. The molecule has 1 aliphatic carbocycles. The molecule has 0 spiro atoms. The Hall–Kier alpha value is -1.49. The van der Waals surface area contributed by atoms with Crippen molar-refractivity contribution in [2.45, 2.75) is 25.8 Å². The molecule has 1 amide bonds. The lowest BCUT2D eigenvalue weighted by molar-refractivity contribution is -0.145. The highest BCUT2D eigenvalue weighted by molar-refractivity contribution is 5.83. The smallest absolute Gasteiger partial charge is 0.230 e. The highest BCUT2D eigenvalue weighted by Crippen LogP contribution is 2.41. The molecule has 3 nitrogen and oxygen atoms in total. The van der Waals surface area contributed by atoms with E-state index in [1.807, 2.05) is 0 Å². The lowest BCUT2D eigenvalue weighted by Gasteiger charge is -2.41. The number of amides is 1. The van der Waals surface area contributed by atoms with Crippen LogP contribution in [-0.2, 0) is 11.3 Å². The van der Waals surface area contributed by atoms with E-state index in [0.717, 1.165) is 31.4 Å². The van der Waals surface area contributed by atoms with Crippen LogP contribution in [0.15, 0.2) is 18.2 Å². The molecule has 104 valence electrons. The Labute approximate surface area is 111 Å². The third-order valence-corrected chi connectivity index (χ3v) is 3.91. The number of rotatable bonds is 4. The molecule has 1 fully saturated rings. The summed E-state index contributed by atoms with van der Waals surface area (Å²) in [5, 5.41) is 0. The van der Waals surface area contributed by atoms with Gasteiger partial charge in [0.1, 0.15) is 0 Å². The average molecular weight is 268 g/mol. The number of nitrogens with two attached hydrogens (primary N) is 1. The summed E-state index contributed by atoms with van der Waals surface area (Å²) in [5.74, 6) is -1.78. The number of hydrogen-bond acceptors (Lipinski definition) is 2. The van der Waals surface area contributed by atoms with Gasteiger partial charge in [-0.15, -0.1) is 0 Å². The van der Waals surface area contributed by atoms with E-state index in [4.69, 9.17) is 5.73 Å². The number of carbonyl (C=O) groups is 1. The molecular formula is C14H18F2N2O. The van der Waals surface area contributed by atoms with Gasteiger partial charge in [0, 0.05) is 20.1 Å². The van der Waals surface area contributed by atoms with Crippen molar-refractivity contribution in [1.82, 2.24) is 4.90 Å². The van der Waals surface area contributed by atoms with E-state index in [1.54, 1.807) is 11.9 Å². The van der Waals surface area contributed by atoms with Gasteiger partial charge in [0.25, 0.3) is 0 Å². The van der Waals surface area contributed by atoms with Gasteiger partial charge in [-0.1, -0.05) is 12.5 Å². The SMILES string of the molecule is CN(Cc1ccc(F)c(F)c1)C(=O)C1(CN)CCC1. The molecular weight excluding hydrogens is 250 g/mol. The van der Waals surface area contributed by atoms with Gasteiger partial charge in [-0.25, -0.2) is 8.78 Å². The summed E-state index contributed by atoms with van der Waals surface area (Å²) in [6.45, 7) is 0.603. The van der Waals surface area contributed by atoms with Crippen molar-refractivity contribution < 1.29 is 13.6 Å². The zero-order valence-corrected chi connectivity index (χ0v) is 11.0. The van der Waals surface area contributed by atoms with Gasteiger partial charge >= 0.3 is 0 Å². The lowest BCUT2D eigenvalue weighted by atomic mass is 9.68.